The maximum Gasteiger partial charge on any atom is 0.254 e. The van der Waals surface area contributed by atoms with Crippen molar-refractivity contribution in [3.63, 3.8) is 0 Å². The van der Waals surface area contributed by atoms with Crippen molar-refractivity contribution < 1.29 is 4.79 Å². The molecule has 4 heteroatoms. The zero-order valence-electron chi connectivity index (χ0n) is 12.1. The number of aromatic amines is 1. The van der Waals surface area contributed by atoms with Crippen LogP contribution in [-0.4, -0.2) is 53.4 Å². The highest BCUT2D eigenvalue weighted by Gasteiger charge is 2.24. The number of carbonyl (C=O) groups excluding carboxylic acids is 1. The summed E-state index contributed by atoms with van der Waals surface area (Å²) in [6.45, 7) is 4.98. The number of aromatic nitrogens is 1. The number of benzene rings is 1. The van der Waals surface area contributed by atoms with Crippen LogP contribution in [0.5, 0.6) is 0 Å². The number of carbonyl (C=O) groups is 1. The number of nitrogens with zero attached hydrogens (tertiary/aromatic N) is 2. The van der Waals surface area contributed by atoms with Gasteiger partial charge in [0.2, 0.25) is 0 Å². The van der Waals surface area contributed by atoms with Gasteiger partial charge in [-0.25, -0.2) is 0 Å². The molecule has 2 aromatic rings. The summed E-state index contributed by atoms with van der Waals surface area (Å²) in [4.78, 5) is 20.2. The Kier molecular flexibility index (Phi) is 3.49. The average molecular weight is 271 g/mol. The van der Waals surface area contributed by atoms with E-state index in [-0.39, 0.29) is 11.9 Å². The molecule has 3 rings (SSSR count). The normalized spacial score (nSPS) is 21.1. The second-order valence-corrected chi connectivity index (χ2v) is 5.74. The molecule has 1 saturated heterocycles. The van der Waals surface area contributed by atoms with Crippen LogP contribution in [0.4, 0.5) is 0 Å². The van der Waals surface area contributed by atoms with Gasteiger partial charge in [0.15, 0.2) is 0 Å². The highest BCUT2D eigenvalue weighted by Crippen LogP contribution is 2.18. The summed E-state index contributed by atoms with van der Waals surface area (Å²) in [5.41, 5.74) is 1.86. The number of rotatable bonds is 1. The van der Waals surface area contributed by atoms with Gasteiger partial charge in [-0.15, -0.1) is 0 Å². The van der Waals surface area contributed by atoms with E-state index in [9.17, 15) is 4.79 Å². The van der Waals surface area contributed by atoms with Crippen LogP contribution in [0.25, 0.3) is 10.9 Å². The summed E-state index contributed by atoms with van der Waals surface area (Å²) in [5.74, 6) is 0.149. The number of likely N-dealkylation sites (N-methyl/N-ethyl adjacent to an activating group) is 1. The molecule has 1 aromatic heterocycles. The average Bonchev–Trinajstić information content (AvgIpc) is 2.83. The van der Waals surface area contributed by atoms with E-state index >= 15 is 0 Å². The summed E-state index contributed by atoms with van der Waals surface area (Å²) < 4.78 is 0. The fraction of sp³-hybridized carbons (Fsp3) is 0.438. The molecule has 0 spiro atoms. The lowest BCUT2D eigenvalue weighted by atomic mass is 10.1. The van der Waals surface area contributed by atoms with Crippen molar-refractivity contribution in [2.75, 3.05) is 26.7 Å². The van der Waals surface area contributed by atoms with Crippen molar-refractivity contribution in [1.29, 1.82) is 0 Å². The standard InChI is InChI=1S/C16H21N3O/c1-12-11-18(2)8-3-9-19(12)16(20)14-4-5-15-13(10-14)6-7-17-15/h4-7,10,12,17H,3,8-9,11H2,1-2H3. The van der Waals surface area contributed by atoms with Gasteiger partial charge in [-0.1, -0.05) is 0 Å². The Bertz CT molecular complexity index is 619. The molecule has 1 aliphatic heterocycles. The predicted octanol–water partition coefficient (Wildman–Crippen LogP) is 2.33. The summed E-state index contributed by atoms with van der Waals surface area (Å²) >= 11 is 0. The molecule has 0 aliphatic carbocycles. The number of hydrogen-bond acceptors (Lipinski definition) is 2. The van der Waals surface area contributed by atoms with E-state index in [1.807, 2.05) is 35.4 Å². The molecule has 4 nitrogen and oxygen atoms in total. The van der Waals surface area contributed by atoms with Crippen LogP contribution in [0.2, 0.25) is 0 Å². The molecule has 1 unspecified atom stereocenters. The molecule has 1 aliphatic rings. The predicted molar refractivity (Wildman–Crippen MR) is 80.9 cm³/mol. The Morgan fingerprint density at radius 1 is 1.30 bits per heavy atom. The molecular weight excluding hydrogens is 250 g/mol. The molecule has 0 bridgehead atoms. The van der Waals surface area contributed by atoms with Crippen molar-refractivity contribution >= 4 is 16.8 Å². The van der Waals surface area contributed by atoms with E-state index in [0.29, 0.717) is 0 Å². The molecule has 0 saturated carbocycles. The summed E-state index contributed by atoms with van der Waals surface area (Å²) in [6, 6.07) is 8.15. The highest BCUT2D eigenvalue weighted by molar-refractivity contribution is 5.98. The minimum Gasteiger partial charge on any atom is -0.361 e. The fourth-order valence-electron chi connectivity index (χ4n) is 3.03. The zero-order chi connectivity index (χ0) is 14.1. The molecule has 1 N–H and O–H groups in total. The van der Waals surface area contributed by atoms with Crippen molar-refractivity contribution in [2.24, 2.45) is 0 Å². The van der Waals surface area contributed by atoms with E-state index in [0.717, 1.165) is 42.5 Å². The highest BCUT2D eigenvalue weighted by atomic mass is 16.2. The lowest BCUT2D eigenvalue weighted by Crippen LogP contribution is -2.41. The first-order valence-electron chi connectivity index (χ1n) is 7.22. The van der Waals surface area contributed by atoms with Gasteiger partial charge >= 0.3 is 0 Å². The van der Waals surface area contributed by atoms with Crippen molar-refractivity contribution in [3.05, 3.63) is 36.0 Å². The molecule has 1 atom stereocenters. The third-order valence-electron chi connectivity index (χ3n) is 4.11. The van der Waals surface area contributed by atoms with E-state index < -0.39 is 0 Å². The number of nitrogens with one attached hydrogen (secondary N) is 1. The zero-order valence-corrected chi connectivity index (χ0v) is 12.1. The van der Waals surface area contributed by atoms with Gasteiger partial charge in [-0.05, 0) is 51.2 Å². The van der Waals surface area contributed by atoms with Crippen LogP contribution in [0, 0.1) is 0 Å². The second-order valence-electron chi connectivity index (χ2n) is 5.74. The van der Waals surface area contributed by atoms with Gasteiger partial charge in [0.05, 0.1) is 0 Å². The van der Waals surface area contributed by atoms with Crippen molar-refractivity contribution in [2.45, 2.75) is 19.4 Å². The van der Waals surface area contributed by atoms with Crippen LogP contribution in [0.3, 0.4) is 0 Å². The lowest BCUT2D eigenvalue weighted by molar-refractivity contribution is 0.0696. The van der Waals surface area contributed by atoms with E-state index in [1.165, 1.54) is 0 Å². The Morgan fingerprint density at radius 3 is 3.00 bits per heavy atom. The van der Waals surface area contributed by atoms with Gasteiger partial charge in [0.25, 0.3) is 5.91 Å². The number of H-pyrrole nitrogens is 1. The number of amides is 1. The quantitative estimate of drug-likeness (QED) is 0.864. The molecule has 1 amide bonds. The van der Waals surface area contributed by atoms with Crippen LogP contribution in [0.1, 0.15) is 23.7 Å². The van der Waals surface area contributed by atoms with Gasteiger partial charge in [0, 0.05) is 41.8 Å². The number of fused-ring (bicyclic) bond motifs is 1. The van der Waals surface area contributed by atoms with Crippen molar-refractivity contribution in [3.8, 4) is 0 Å². The molecule has 1 fully saturated rings. The van der Waals surface area contributed by atoms with Gasteiger partial charge in [-0.2, -0.15) is 0 Å². The maximum absolute atomic E-state index is 12.7. The third kappa shape index (κ3) is 2.43. The SMILES string of the molecule is CC1CN(C)CCCN1C(=O)c1ccc2[nH]ccc2c1. The van der Waals surface area contributed by atoms with Crippen LogP contribution in [0.15, 0.2) is 30.5 Å². The minimum atomic E-state index is 0.149. The Balaban J connectivity index is 1.86. The van der Waals surface area contributed by atoms with E-state index in [2.05, 4.69) is 23.9 Å². The first-order chi connectivity index (χ1) is 9.65. The van der Waals surface area contributed by atoms with Crippen LogP contribution >= 0.6 is 0 Å². The topological polar surface area (TPSA) is 39.3 Å². The first-order valence-corrected chi connectivity index (χ1v) is 7.22. The molecule has 0 radical (unpaired) electrons. The summed E-state index contributed by atoms with van der Waals surface area (Å²) in [5, 5.41) is 1.09. The Hall–Kier alpha value is -1.81. The number of hydrogen-bond donors (Lipinski definition) is 1. The maximum atomic E-state index is 12.7. The van der Waals surface area contributed by atoms with E-state index in [1.54, 1.807) is 0 Å². The van der Waals surface area contributed by atoms with Gasteiger partial charge in [0.1, 0.15) is 0 Å². The molecule has 2 heterocycles. The first kappa shape index (κ1) is 13.2. The van der Waals surface area contributed by atoms with Gasteiger partial charge in [-0.3, -0.25) is 4.79 Å². The fourth-order valence-corrected chi connectivity index (χ4v) is 3.03. The van der Waals surface area contributed by atoms with Crippen LogP contribution < -0.4 is 0 Å². The van der Waals surface area contributed by atoms with Crippen molar-refractivity contribution in [1.82, 2.24) is 14.8 Å². The Morgan fingerprint density at radius 2 is 2.15 bits per heavy atom. The lowest BCUT2D eigenvalue weighted by Gasteiger charge is -2.28. The summed E-state index contributed by atoms with van der Waals surface area (Å²) in [6.07, 6.45) is 2.95. The van der Waals surface area contributed by atoms with Crippen LogP contribution in [-0.2, 0) is 0 Å². The second kappa shape index (κ2) is 5.29. The molecule has 106 valence electrons. The molecular formula is C16H21N3O. The molecule has 1 aromatic carbocycles. The third-order valence-corrected chi connectivity index (χ3v) is 4.11. The van der Waals surface area contributed by atoms with Gasteiger partial charge < -0.3 is 14.8 Å². The van der Waals surface area contributed by atoms with E-state index in [4.69, 9.17) is 0 Å². The Labute approximate surface area is 119 Å². The largest absolute Gasteiger partial charge is 0.361 e. The minimum absolute atomic E-state index is 0.149. The smallest absolute Gasteiger partial charge is 0.254 e. The summed E-state index contributed by atoms with van der Waals surface area (Å²) in [7, 11) is 2.12. The molecule has 20 heavy (non-hydrogen) atoms. The monoisotopic (exact) mass is 271 g/mol.